The zero-order valence-electron chi connectivity index (χ0n) is 20.5. The van der Waals surface area contributed by atoms with Crippen LogP contribution in [0, 0.1) is 0 Å². The Hall–Kier alpha value is -3.90. The highest BCUT2D eigenvalue weighted by molar-refractivity contribution is 7.42. The van der Waals surface area contributed by atoms with Gasteiger partial charge in [0.25, 0.3) is 5.56 Å². The first-order valence-corrected chi connectivity index (χ1v) is 12.7. The number of hydrogen-bond acceptors (Lipinski definition) is 11. The molecule has 1 aliphatic heterocycles. The zero-order chi connectivity index (χ0) is 26.6. The summed E-state index contributed by atoms with van der Waals surface area (Å²) < 4.78 is 35.9. The third-order valence-corrected chi connectivity index (χ3v) is 6.87. The smallest absolute Gasteiger partial charge is 0.463 e. The van der Waals surface area contributed by atoms with Crippen molar-refractivity contribution in [2.45, 2.75) is 24.9 Å². The molecule has 1 fully saturated rings. The number of H-pyrrole nitrogens is 1. The van der Waals surface area contributed by atoms with Crippen LogP contribution in [-0.2, 0) is 9.26 Å². The third-order valence-electron chi connectivity index (χ3n) is 5.79. The predicted octanol–water partition coefficient (Wildman–Crippen LogP) is 2.77. The Bertz CT molecular complexity index is 1380. The minimum atomic E-state index is -1.94. The molecule has 3 unspecified atom stereocenters. The highest BCUT2D eigenvalue weighted by atomic mass is 31.2. The summed E-state index contributed by atoms with van der Waals surface area (Å²) in [6, 6.07) is 14.0. The zero-order valence-corrected chi connectivity index (χ0v) is 21.4. The van der Waals surface area contributed by atoms with Gasteiger partial charge >= 0.3 is 8.60 Å². The number of nitrogens with zero attached hydrogens (tertiary/aromatic N) is 3. The number of aromatic nitrogens is 4. The molecular formula is C24H26N5O8P. The number of hydrogen-bond donors (Lipinski definition) is 3. The van der Waals surface area contributed by atoms with Gasteiger partial charge in [0, 0.05) is 6.42 Å². The summed E-state index contributed by atoms with van der Waals surface area (Å²) in [7, 11) is 1.22. The van der Waals surface area contributed by atoms with E-state index in [0.29, 0.717) is 23.0 Å². The molecule has 1 saturated heterocycles. The Balaban J connectivity index is 1.29. The first kappa shape index (κ1) is 25.7. The Morgan fingerprint density at radius 2 is 1.63 bits per heavy atom. The maximum Gasteiger partial charge on any atom is 0.463 e. The minimum absolute atomic E-state index is 0.0293. The van der Waals surface area contributed by atoms with Crippen molar-refractivity contribution < 1.29 is 32.9 Å². The summed E-state index contributed by atoms with van der Waals surface area (Å²) in [5.74, 6) is 2.33. The van der Waals surface area contributed by atoms with Gasteiger partial charge in [-0.15, -0.1) is 0 Å². The number of aliphatic hydroxyl groups excluding tert-OH is 1. The first-order chi connectivity index (χ1) is 18.4. The Morgan fingerprint density at radius 1 is 1.05 bits per heavy atom. The third kappa shape index (κ3) is 5.65. The molecule has 0 saturated carbocycles. The van der Waals surface area contributed by atoms with E-state index in [4.69, 9.17) is 33.5 Å². The number of aromatic amines is 1. The number of benzene rings is 2. The number of ether oxygens (including phenoxy) is 3. The summed E-state index contributed by atoms with van der Waals surface area (Å²) in [6.45, 7) is -0.0293. The average Bonchev–Trinajstić information content (AvgIpc) is 3.51. The molecule has 3 heterocycles. The molecule has 1 aliphatic rings. The number of anilines is 1. The van der Waals surface area contributed by atoms with Crippen molar-refractivity contribution in [2.75, 3.05) is 26.6 Å². The number of fused-ring (bicyclic) bond motifs is 1. The lowest BCUT2D eigenvalue weighted by molar-refractivity contribution is -0.0392. The van der Waals surface area contributed by atoms with Crippen LogP contribution in [0.2, 0.25) is 0 Å². The molecule has 3 atom stereocenters. The van der Waals surface area contributed by atoms with E-state index in [1.165, 1.54) is 6.33 Å². The van der Waals surface area contributed by atoms with Gasteiger partial charge in [-0.25, -0.2) is 4.98 Å². The number of nitrogens with one attached hydrogen (secondary N) is 1. The Kier molecular flexibility index (Phi) is 7.61. The SMILES string of the molecule is COc1ccc(OP(OCC2OC(n3cnc4c(=O)[nH]c(N)nc43)CC2O)Oc2ccc(OC)cc2)cc1. The topological polar surface area (TPSA) is 165 Å². The van der Waals surface area contributed by atoms with E-state index in [1.807, 2.05) is 0 Å². The lowest BCUT2D eigenvalue weighted by Gasteiger charge is -2.21. The number of rotatable bonds is 10. The maximum absolute atomic E-state index is 12.1. The van der Waals surface area contributed by atoms with Crippen LogP contribution in [0.1, 0.15) is 12.6 Å². The summed E-state index contributed by atoms with van der Waals surface area (Å²) in [5.41, 5.74) is 5.62. The molecule has 2 aromatic heterocycles. The molecule has 0 aliphatic carbocycles. The van der Waals surface area contributed by atoms with E-state index in [2.05, 4.69) is 15.0 Å². The van der Waals surface area contributed by atoms with E-state index in [9.17, 15) is 9.90 Å². The van der Waals surface area contributed by atoms with Crippen LogP contribution in [0.5, 0.6) is 23.0 Å². The van der Waals surface area contributed by atoms with Crippen LogP contribution in [0.15, 0.2) is 59.7 Å². The molecule has 0 amide bonds. The molecular weight excluding hydrogens is 517 g/mol. The van der Waals surface area contributed by atoms with Crippen molar-refractivity contribution in [1.82, 2.24) is 19.5 Å². The van der Waals surface area contributed by atoms with E-state index in [0.717, 1.165) is 0 Å². The fourth-order valence-electron chi connectivity index (χ4n) is 3.84. The molecule has 200 valence electrons. The highest BCUT2D eigenvalue weighted by Crippen LogP contribution is 2.43. The standard InChI is InChI=1S/C24H26N5O8P/c1-32-14-3-7-16(8-4-14)36-38(37-17-9-5-15(33-2)6-10-17)34-12-19-18(30)11-20(35-19)29-13-26-21-22(29)27-24(25)28-23(21)31/h3-10,13,18-20,30H,11-12H2,1-2H3,(H3,25,27,28,31). The van der Waals surface area contributed by atoms with Gasteiger partial charge in [-0.05, 0) is 48.5 Å². The van der Waals surface area contributed by atoms with Gasteiger partial charge in [-0.3, -0.25) is 18.9 Å². The van der Waals surface area contributed by atoms with Gasteiger partial charge in [-0.1, -0.05) is 0 Å². The highest BCUT2D eigenvalue weighted by Gasteiger charge is 2.37. The summed E-state index contributed by atoms with van der Waals surface area (Å²) in [6.07, 6.45) is -0.547. The van der Waals surface area contributed by atoms with E-state index >= 15 is 0 Å². The molecule has 4 N–H and O–H groups in total. The molecule has 13 nitrogen and oxygen atoms in total. The fourth-order valence-corrected chi connectivity index (χ4v) is 4.84. The number of aliphatic hydroxyl groups is 1. The number of imidazole rings is 1. The normalized spacial score (nSPS) is 19.1. The largest absolute Gasteiger partial charge is 0.497 e. The summed E-state index contributed by atoms with van der Waals surface area (Å²) >= 11 is 0. The van der Waals surface area contributed by atoms with Crippen LogP contribution in [0.3, 0.4) is 0 Å². The van der Waals surface area contributed by atoms with E-state index in [-0.39, 0.29) is 30.1 Å². The first-order valence-electron chi connectivity index (χ1n) is 11.6. The van der Waals surface area contributed by atoms with E-state index < -0.39 is 32.6 Å². The fraction of sp³-hybridized carbons (Fsp3) is 0.292. The molecule has 0 bridgehead atoms. The van der Waals surface area contributed by atoms with Crippen LogP contribution in [0.4, 0.5) is 5.95 Å². The number of methoxy groups -OCH3 is 2. The Morgan fingerprint density at radius 3 is 2.21 bits per heavy atom. The molecule has 2 aromatic carbocycles. The van der Waals surface area contributed by atoms with Gasteiger partial charge in [0.15, 0.2) is 11.2 Å². The van der Waals surface area contributed by atoms with Crippen molar-refractivity contribution in [1.29, 1.82) is 0 Å². The number of nitrogen functional groups attached to an aromatic ring is 1. The van der Waals surface area contributed by atoms with Crippen molar-refractivity contribution in [3.05, 3.63) is 65.2 Å². The monoisotopic (exact) mass is 543 g/mol. The second kappa shape index (κ2) is 11.2. The lowest BCUT2D eigenvalue weighted by atomic mass is 10.2. The maximum atomic E-state index is 12.1. The molecule has 4 aromatic rings. The molecule has 14 heteroatoms. The minimum Gasteiger partial charge on any atom is -0.497 e. The summed E-state index contributed by atoms with van der Waals surface area (Å²) in [5, 5.41) is 10.7. The van der Waals surface area contributed by atoms with Crippen LogP contribution < -0.4 is 29.8 Å². The quantitative estimate of drug-likeness (QED) is 0.252. The van der Waals surface area contributed by atoms with E-state index in [1.54, 1.807) is 67.3 Å². The van der Waals surface area contributed by atoms with Crippen LogP contribution in [-0.4, -0.2) is 57.7 Å². The van der Waals surface area contributed by atoms with Gasteiger partial charge in [-0.2, -0.15) is 4.98 Å². The van der Waals surface area contributed by atoms with Crippen molar-refractivity contribution in [3.8, 4) is 23.0 Å². The summed E-state index contributed by atoms with van der Waals surface area (Å²) in [4.78, 5) is 22.8. The van der Waals surface area contributed by atoms with Crippen LogP contribution >= 0.6 is 8.60 Å². The van der Waals surface area contributed by atoms with Gasteiger partial charge in [0.1, 0.15) is 35.3 Å². The predicted molar refractivity (Wildman–Crippen MR) is 137 cm³/mol. The van der Waals surface area contributed by atoms with Crippen molar-refractivity contribution in [2.24, 2.45) is 0 Å². The van der Waals surface area contributed by atoms with Crippen molar-refractivity contribution in [3.63, 3.8) is 0 Å². The lowest BCUT2D eigenvalue weighted by Crippen LogP contribution is -2.26. The second-order valence-corrected chi connectivity index (χ2v) is 9.33. The van der Waals surface area contributed by atoms with Gasteiger partial charge in [0.05, 0.1) is 33.3 Å². The average molecular weight is 543 g/mol. The molecule has 38 heavy (non-hydrogen) atoms. The molecule has 0 spiro atoms. The van der Waals surface area contributed by atoms with Gasteiger partial charge < -0.3 is 34.1 Å². The molecule has 5 rings (SSSR count). The molecule has 0 radical (unpaired) electrons. The van der Waals surface area contributed by atoms with Gasteiger partial charge in [0.2, 0.25) is 5.95 Å². The van der Waals surface area contributed by atoms with Crippen LogP contribution in [0.25, 0.3) is 11.2 Å². The Labute approximate surface area is 218 Å². The number of nitrogens with two attached hydrogens (primary N) is 1. The van der Waals surface area contributed by atoms with Crippen molar-refractivity contribution >= 4 is 25.7 Å². The second-order valence-electron chi connectivity index (χ2n) is 8.26.